The van der Waals surface area contributed by atoms with Crippen LogP contribution in [0.4, 0.5) is 4.79 Å². The average Bonchev–Trinajstić information content (AvgIpc) is 2.39. The van der Waals surface area contributed by atoms with E-state index in [1.54, 1.807) is 0 Å². The van der Waals surface area contributed by atoms with E-state index in [4.69, 9.17) is 5.11 Å². The fourth-order valence-corrected chi connectivity index (χ4v) is 2.50. The summed E-state index contributed by atoms with van der Waals surface area (Å²) in [6, 6.07) is 0. The van der Waals surface area contributed by atoms with Crippen LogP contribution in [0, 0.1) is 0 Å². The number of hydrogen-bond donors (Lipinski definition) is 1. The van der Waals surface area contributed by atoms with Gasteiger partial charge in [0.05, 0.1) is 0 Å². The summed E-state index contributed by atoms with van der Waals surface area (Å²) in [7, 11) is 0. The van der Waals surface area contributed by atoms with Crippen molar-refractivity contribution in [2.75, 3.05) is 0 Å². The first-order valence-electron chi connectivity index (χ1n) is 8.56. The number of hydrogen-bond acceptors (Lipinski definition) is 2. The van der Waals surface area contributed by atoms with Crippen molar-refractivity contribution in [2.24, 2.45) is 0 Å². The van der Waals surface area contributed by atoms with Crippen LogP contribution in [0.2, 0.25) is 0 Å². The lowest BCUT2D eigenvalue weighted by molar-refractivity contribution is 0.0548. The highest BCUT2D eigenvalue weighted by Gasteiger charge is 2.06. The van der Waals surface area contributed by atoms with E-state index in [0.717, 1.165) is 12.8 Å². The second-order valence-electron chi connectivity index (χ2n) is 5.87. The summed E-state index contributed by atoms with van der Waals surface area (Å²) < 4.78 is 4.67. The Kier molecular flexibility index (Phi) is 14.1. The SMILES string of the molecule is CCCCCCCCCCCCCCC(C)OC(=O)O. The molecule has 0 aromatic rings. The molecule has 1 unspecified atom stereocenters. The molecule has 0 aliphatic carbocycles. The smallest absolute Gasteiger partial charge is 0.450 e. The van der Waals surface area contributed by atoms with Crippen LogP contribution >= 0.6 is 0 Å². The summed E-state index contributed by atoms with van der Waals surface area (Å²) in [5.74, 6) is 0. The van der Waals surface area contributed by atoms with E-state index in [0.29, 0.717) is 0 Å². The predicted molar refractivity (Wildman–Crippen MR) is 84.3 cm³/mol. The molecule has 3 heteroatoms. The van der Waals surface area contributed by atoms with Gasteiger partial charge in [-0.25, -0.2) is 4.79 Å². The minimum absolute atomic E-state index is 0.157. The van der Waals surface area contributed by atoms with Gasteiger partial charge in [-0.15, -0.1) is 0 Å². The van der Waals surface area contributed by atoms with Gasteiger partial charge >= 0.3 is 6.16 Å². The van der Waals surface area contributed by atoms with Gasteiger partial charge in [-0.1, -0.05) is 77.6 Å². The summed E-state index contributed by atoms with van der Waals surface area (Å²) in [5.41, 5.74) is 0. The van der Waals surface area contributed by atoms with Gasteiger partial charge < -0.3 is 9.84 Å². The van der Waals surface area contributed by atoms with Crippen LogP contribution < -0.4 is 0 Å². The highest BCUT2D eigenvalue weighted by atomic mass is 16.7. The fraction of sp³-hybridized carbons (Fsp3) is 0.941. The van der Waals surface area contributed by atoms with Crippen molar-refractivity contribution < 1.29 is 14.6 Å². The molecule has 0 saturated carbocycles. The standard InChI is InChI=1S/C17H34O3/c1-3-4-5-6-7-8-9-10-11-12-13-14-15-16(2)20-17(18)19/h16H,3-15H2,1-2H3,(H,18,19). The lowest BCUT2D eigenvalue weighted by Crippen LogP contribution is -2.12. The van der Waals surface area contributed by atoms with Crippen LogP contribution in [0.25, 0.3) is 0 Å². The van der Waals surface area contributed by atoms with Crippen LogP contribution in [0.15, 0.2) is 0 Å². The topological polar surface area (TPSA) is 46.5 Å². The summed E-state index contributed by atoms with van der Waals surface area (Å²) in [4.78, 5) is 10.3. The molecule has 3 nitrogen and oxygen atoms in total. The Hall–Kier alpha value is -0.730. The van der Waals surface area contributed by atoms with Gasteiger partial charge in [0, 0.05) is 0 Å². The highest BCUT2D eigenvalue weighted by Crippen LogP contribution is 2.13. The maximum absolute atomic E-state index is 10.3. The Morgan fingerprint density at radius 3 is 1.65 bits per heavy atom. The van der Waals surface area contributed by atoms with Gasteiger partial charge in [0.2, 0.25) is 0 Å². The van der Waals surface area contributed by atoms with Crippen molar-refractivity contribution >= 4 is 6.16 Å². The van der Waals surface area contributed by atoms with Crippen molar-refractivity contribution in [3.05, 3.63) is 0 Å². The highest BCUT2D eigenvalue weighted by molar-refractivity contribution is 5.56. The normalized spacial score (nSPS) is 12.3. The van der Waals surface area contributed by atoms with E-state index in [1.807, 2.05) is 6.92 Å². The van der Waals surface area contributed by atoms with E-state index in [9.17, 15) is 4.79 Å². The van der Waals surface area contributed by atoms with Gasteiger partial charge in [0.15, 0.2) is 0 Å². The average molecular weight is 286 g/mol. The first-order valence-corrected chi connectivity index (χ1v) is 8.56. The van der Waals surface area contributed by atoms with Gasteiger partial charge in [-0.3, -0.25) is 0 Å². The molecule has 120 valence electrons. The minimum Gasteiger partial charge on any atom is -0.450 e. The Morgan fingerprint density at radius 2 is 1.25 bits per heavy atom. The molecule has 0 aliphatic rings. The molecular weight excluding hydrogens is 252 g/mol. The van der Waals surface area contributed by atoms with Crippen molar-refractivity contribution in [2.45, 2.75) is 103 Å². The van der Waals surface area contributed by atoms with Crippen molar-refractivity contribution in [3.8, 4) is 0 Å². The third kappa shape index (κ3) is 15.3. The van der Waals surface area contributed by atoms with E-state index >= 15 is 0 Å². The third-order valence-electron chi connectivity index (χ3n) is 3.77. The lowest BCUT2D eigenvalue weighted by Gasteiger charge is -2.09. The Morgan fingerprint density at radius 1 is 0.850 bits per heavy atom. The molecule has 0 aromatic carbocycles. The molecule has 1 atom stereocenters. The van der Waals surface area contributed by atoms with Gasteiger partial charge in [0.1, 0.15) is 6.10 Å². The summed E-state index contributed by atoms with van der Waals surface area (Å²) >= 11 is 0. The Bertz CT molecular complexity index is 216. The van der Waals surface area contributed by atoms with Crippen LogP contribution in [0.3, 0.4) is 0 Å². The van der Waals surface area contributed by atoms with Crippen molar-refractivity contribution in [1.29, 1.82) is 0 Å². The Labute approximate surface area is 125 Å². The summed E-state index contributed by atoms with van der Waals surface area (Å²) in [6.45, 7) is 4.08. The fourth-order valence-electron chi connectivity index (χ4n) is 2.50. The van der Waals surface area contributed by atoms with Crippen LogP contribution in [-0.4, -0.2) is 17.4 Å². The minimum atomic E-state index is -1.16. The second-order valence-corrected chi connectivity index (χ2v) is 5.87. The molecule has 0 saturated heterocycles. The van der Waals surface area contributed by atoms with Gasteiger partial charge in [0.25, 0.3) is 0 Å². The molecule has 0 spiro atoms. The van der Waals surface area contributed by atoms with E-state index < -0.39 is 6.16 Å². The second kappa shape index (κ2) is 14.7. The van der Waals surface area contributed by atoms with Crippen LogP contribution in [0.1, 0.15) is 97.3 Å². The Balaban J connectivity index is 3.08. The monoisotopic (exact) mass is 286 g/mol. The molecule has 0 heterocycles. The van der Waals surface area contributed by atoms with E-state index in [1.165, 1.54) is 70.6 Å². The maximum atomic E-state index is 10.3. The zero-order chi connectivity index (χ0) is 15.1. The van der Waals surface area contributed by atoms with Crippen molar-refractivity contribution in [3.63, 3.8) is 0 Å². The maximum Gasteiger partial charge on any atom is 0.506 e. The molecule has 0 amide bonds. The van der Waals surface area contributed by atoms with Gasteiger partial charge in [-0.05, 0) is 19.8 Å². The lowest BCUT2D eigenvalue weighted by atomic mass is 10.0. The number of carbonyl (C=O) groups is 1. The molecule has 0 radical (unpaired) electrons. The summed E-state index contributed by atoms with van der Waals surface area (Å²) in [5, 5.41) is 8.45. The molecule has 0 rings (SSSR count). The van der Waals surface area contributed by atoms with Gasteiger partial charge in [-0.2, -0.15) is 0 Å². The first kappa shape index (κ1) is 19.3. The zero-order valence-corrected chi connectivity index (χ0v) is 13.5. The first-order chi connectivity index (χ1) is 9.66. The zero-order valence-electron chi connectivity index (χ0n) is 13.5. The van der Waals surface area contributed by atoms with E-state index in [-0.39, 0.29) is 6.10 Å². The third-order valence-corrected chi connectivity index (χ3v) is 3.77. The molecule has 0 aromatic heterocycles. The van der Waals surface area contributed by atoms with E-state index in [2.05, 4.69) is 11.7 Å². The number of rotatable bonds is 14. The van der Waals surface area contributed by atoms with Crippen LogP contribution in [0.5, 0.6) is 0 Å². The molecule has 20 heavy (non-hydrogen) atoms. The van der Waals surface area contributed by atoms with Crippen molar-refractivity contribution in [1.82, 2.24) is 0 Å². The number of ether oxygens (including phenoxy) is 1. The molecular formula is C17H34O3. The molecule has 0 fully saturated rings. The van der Waals surface area contributed by atoms with Crippen LogP contribution in [-0.2, 0) is 4.74 Å². The largest absolute Gasteiger partial charge is 0.506 e. The number of unbranched alkanes of at least 4 members (excludes halogenated alkanes) is 11. The predicted octanol–water partition coefficient (Wildman–Crippen LogP) is 6.16. The summed E-state index contributed by atoms with van der Waals surface area (Å²) in [6.07, 6.45) is 15.5. The number of carboxylic acid groups (broad SMARTS) is 1. The molecule has 0 aliphatic heterocycles. The molecule has 1 N–H and O–H groups in total. The molecule has 0 bridgehead atoms. The quantitative estimate of drug-likeness (QED) is 0.307.